The lowest BCUT2D eigenvalue weighted by atomic mass is 9.97. The number of halogens is 3. The van der Waals surface area contributed by atoms with E-state index in [-0.39, 0.29) is 5.41 Å². The Morgan fingerprint density at radius 3 is 2.23 bits per heavy atom. The average Bonchev–Trinajstić information content (AvgIpc) is 3.33. The smallest absolute Gasteiger partial charge is 0.268 e. The molecule has 0 saturated carbocycles. The van der Waals surface area contributed by atoms with Gasteiger partial charge in [-0.25, -0.2) is 4.68 Å². The highest BCUT2D eigenvalue weighted by Crippen LogP contribution is 2.37. The quantitative estimate of drug-likeness (QED) is 0.308. The van der Waals surface area contributed by atoms with Crippen LogP contribution in [-0.2, 0) is 5.41 Å². The lowest BCUT2D eigenvalue weighted by molar-refractivity contribution is 0.398. The summed E-state index contributed by atoms with van der Waals surface area (Å²) in [5.41, 5.74) is 3.24. The third-order valence-electron chi connectivity index (χ3n) is 4.65. The zero-order valence-corrected chi connectivity index (χ0v) is 19.4. The van der Waals surface area contributed by atoms with Gasteiger partial charge in [0.05, 0.1) is 16.4 Å². The molecule has 0 aliphatic rings. The number of nitrogens with zero attached hydrogens (tertiary/aromatic N) is 4. The molecular weight excluding hydrogens is 455 g/mol. The molecule has 2 heterocycles. The van der Waals surface area contributed by atoms with Crippen LogP contribution in [0.15, 0.2) is 53.5 Å². The van der Waals surface area contributed by atoms with Crippen LogP contribution in [0.4, 0.5) is 0 Å². The minimum Gasteiger partial charge on any atom is -0.419 e. The van der Waals surface area contributed by atoms with E-state index in [0.717, 1.165) is 16.8 Å². The van der Waals surface area contributed by atoms with E-state index in [1.165, 1.54) is 0 Å². The van der Waals surface area contributed by atoms with Gasteiger partial charge in [-0.1, -0.05) is 80.4 Å². The summed E-state index contributed by atoms with van der Waals surface area (Å²) >= 11 is 18.7. The van der Waals surface area contributed by atoms with Crippen LogP contribution in [0.2, 0.25) is 15.1 Å². The van der Waals surface area contributed by atoms with E-state index >= 15 is 0 Å². The van der Waals surface area contributed by atoms with Gasteiger partial charge in [0.15, 0.2) is 5.69 Å². The summed E-state index contributed by atoms with van der Waals surface area (Å²) in [6, 6.07) is 12.7. The van der Waals surface area contributed by atoms with Gasteiger partial charge in [-0.3, -0.25) is 0 Å². The fourth-order valence-corrected chi connectivity index (χ4v) is 3.73. The molecule has 0 radical (unpaired) electrons. The van der Waals surface area contributed by atoms with Crippen molar-refractivity contribution < 1.29 is 4.42 Å². The highest BCUT2D eigenvalue weighted by Gasteiger charge is 2.27. The minimum atomic E-state index is -0.291. The molecule has 0 fully saturated rings. The Morgan fingerprint density at radius 1 is 0.968 bits per heavy atom. The SMILES string of the molecule is C=Cc1c(-c2nnc(C(C)(C)C)o2)nn(-c2ccc(Cl)cc2Cl)c1-c1ccc(Cl)cc1. The Labute approximate surface area is 195 Å². The zero-order valence-electron chi connectivity index (χ0n) is 17.2. The topological polar surface area (TPSA) is 56.7 Å². The van der Waals surface area contributed by atoms with Gasteiger partial charge in [-0.15, -0.1) is 10.2 Å². The van der Waals surface area contributed by atoms with Crippen molar-refractivity contribution in [2.75, 3.05) is 0 Å². The van der Waals surface area contributed by atoms with Crippen molar-refractivity contribution in [3.05, 3.63) is 75.6 Å². The molecule has 5 nitrogen and oxygen atoms in total. The summed E-state index contributed by atoms with van der Waals surface area (Å²) in [7, 11) is 0. The molecule has 31 heavy (non-hydrogen) atoms. The molecule has 0 bridgehead atoms. The highest BCUT2D eigenvalue weighted by molar-refractivity contribution is 6.35. The Balaban J connectivity index is 2.00. The Kier molecular flexibility index (Phi) is 5.69. The minimum absolute atomic E-state index is 0.291. The Morgan fingerprint density at radius 2 is 1.65 bits per heavy atom. The van der Waals surface area contributed by atoms with Crippen LogP contribution in [0.5, 0.6) is 0 Å². The molecule has 158 valence electrons. The number of aromatic nitrogens is 4. The molecule has 0 spiro atoms. The largest absolute Gasteiger partial charge is 0.419 e. The third-order valence-corrected chi connectivity index (χ3v) is 5.44. The first-order chi connectivity index (χ1) is 14.7. The van der Waals surface area contributed by atoms with Crippen LogP contribution in [0.1, 0.15) is 32.2 Å². The van der Waals surface area contributed by atoms with Gasteiger partial charge in [0.2, 0.25) is 5.89 Å². The first-order valence-corrected chi connectivity index (χ1v) is 10.6. The van der Waals surface area contributed by atoms with E-state index in [2.05, 4.69) is 16.8 Å². The number of rotatable bonds is 4. The van der Waals surface area contributed by atoms with Gasteiger partial charge in [0.1, 0.15) is 0 Å². The molecule has 2 aromatic carbocycles. The van der Waals surface area contributed by atoms with Crippen molar-refractivity contribution in [1.29, 1.82) is 0 Å². The summed E-state index contributed by atoms with van der Waals surface area (Å²) in [6.07, 6.45) is 1.72. The molecule has 0 saturated heterocycles. The second-order valence-corrected chi connectivity index (χ2v) is 9.27. The highest BCUT2D eigenvalue weighted by atomic mass is 35.5. The Hall–Kier alpha value is -2.60. The molecule has 4 aromatic rings. The van der Waals surface area contributed by atoms with Gasteiger partial charge in [0.25, 0.3) is 5.89 Å². The molecular formula is C23H19Cl3N4O. The fourth-order valence-electron chi connectivity index (χ4n) is 3.12. The van der Waals surface area contributed by atoms with Crippen molar-refractivity contribution in [3.8, 4) is 28.5 Å². The first kappa shape index (κ1) is 21.6. The maximum Gasteiger partial charge on any atom is 0.268 e. The van der Waals surface area contributed by atoms with Crippen LogP contribution in [-0.4, -0.2) is 20.0 Å². The van der Waals surface area contributed by atoms with Crippen LogP contribution >= 0.6 is 34.8 Å². The second kappa shape index (κ2) is 8.15. The molecule has 8 heteroatoms. The predicted octanol–water partition coefficient (Wildman–Crippen LogP) is 7.49. The fraction of sp³-hybridized carbons (Fsp3) is 0.174. The van der Waals surface area contributed by atoms with Crippen molar-refractivity contribution >= 4 is 40.9 Å². The molecule has 0 N–H and O–H groups in total. The maximum atomic E-state index is 6.52. The van der Waals surface area contributed by atoms with Crippen molar-refractivity contribution in [3.63, 3.8) is 0 Å². The number of hydrogen-bond donors (Lipinski definition) is 0. The number of hydrogen-bond acceptors (Lipinski definition) is 4. The van der Waals surface area contributed by atoms with E-state index in [9.17, 15) is 0 Å². The molecule has 0 aliphatic heterocycles. The Bertz CT molecular complexity index is 1270. The van der Waals surface area contributed by atoms with Gasteiger partial charge in [-0.05, 0) is 30.3 Å². The molecule has 2 aromatic heterocycles. The molecule has 0 amide bonds. The zero-order chi connectivity index (χ0) is 22.3. The molecule has 0 unspecified atom stereocenters. The van der Waals surface area contributed by atoms with E-state index in [1.54, 1.807) is 22.9 Å². The maximum absolute atomic E-state index is 6.52. The van der Waals surface area contributed by atoms with Crippen molar-refractivity contribution in [1.82, 2.24) is 20.0 Å². The first-order valence-electron chi connectivity index (χ1n) is 9.50. The third kappa shape index (κ3) is 4.13. The average molecular weight is 474 g/mol. The lowest BCUT2D eigenvalue weighted by Gasteiger charge is -2.11. The summed E-state index contributed by atoms with van der Waals surface area (Å²) in [4.78, 5) is 0. The van der Waals surface area contributed by atoms with Crippen molar-refractivity contribution in [2.45, 2.75) is 26.2 Å². The van der Waals surface area contributed by atoms with Gasteiger partial charge >= 0.3 is 0 Å². The van der Waals surface area contributed by atoms with Crippen LogP contribution in [0, 0.1) is 0 Å². The van der Waals surface area contributed by atoms with E-state index < -0.39 is 0 Å². The van der Waals surface area contributed by atoms with Gasteiger partial charge < -0.3 is 4.42 Å². The summed E-state index contributed by atoms with van der Waals surface area (Å²) in [5.74, 6) is 0.823. The van der Waals surface area contributed by atoms with Gasteiger partial charge in [-0.2, -0.15) is 5.10 Å². The van der Waals surface area contributed by atoms with E-state index in [1.807, 2.05) is 51.1 Å². The van der Waals surface area contributed by atoms with E-state index in [0.29, 0.717) is 38.2 Å². The lowest BCUT2D eigenvalue weighted by Crippen LogP contribution is -2.11. The molecule has 4 rings (SSSR count). The standard InChI is InChI=1S/C23H19Cl3N4O/c1-5-16-19(21-27-28-22(31-21)23(2,3)4)29-30(18-11-10-15(25)12-17(18)26)20(16)13-6-8-14(24)9-7-13/h5-12H,1H2,2-4H3. The summed E-state index contributed by atoms with van der Waals surface area (Å²) in [5, 5.41) is 14.9. The predicted molar refractivity (Wildman–Crippen MR) is 126 cm³/mol. The van der Waals surface area contributed by atoms with Gasteiger partial charge in [0, 0.05) is 26.6 Å². The molecule has 0 atom stereocenters. The summed E-state index contributed by atoms with van der Waals surface area (Å²) in [6.45, 7) is 10.0. The van der Waals surface area contributed by atoms with Crippen LogP contribution in [0.25, 0.3) is 34.6 Å². The summed E-state index contributed by atoms with van der Waals surface area (Å²) < 4.78 is 7.70. The van der Waals surface area contributed by atoms with Crippen LogP contribution < -0.4 is 0 Å². The monoisotopic (exact) mass is 472 g/mol. The van der Waals surface area contributed by atoms with E-state index in [4.69, 9.17) is 44.3 Å². The van der Waals surface area contributed by atoms with Crippen molar-refractivity contribution in [2.24, 2.45) is 0 Å². The normalized spacial score (nSPS) is 11.7. The van der Waals surface area contributed by atoms with Crippen LogP contribution in [0.3, 0.4) is 0 Å². The number of benzene rings is 2. The molecule has 0 aliphatic carbocycles. The second-order valence-electron chi connectivity index (χ2n) is 7.99.